The number of nitrogens with one attached hydrogen (secondary N) is 2. The van der Waals surface area contributed by atoms with Gasteiger partial charge in [0.25, 0.3) is 0 Å². The van der Waals surface area contributed by atoms with E-state index in [0.29, 0.717) is 0 Å². The lowest BCUT2D eigenvalue weighted by Crippen LogP contribution is -2.49. The molecule has 2 aliphatic rings. The minimum absolute atomic E-state index is 0.0553. The zero-order valence-corrected chi connectivity index (χ0v) is 19.8. The SMILES string of the molecule is Cc1cc(C)c2[nH]c3c(c2c1)CCNC31CCN(CCOc2ccccc2)C1.O=C(O)C(F)(F)F. The number of H-pyrrole nitrogens is 1. The third-order valence-electron chi connectivity index (χ3n) is 6.68. The van der Waals surface area contributed by atoms with Crippen molar-refractivity contribution in [2.45, 2.75) is 38.4 Å². The summed E-state index contributed by atoms with van der Waals surface area (Å²) >= 11 is 0. The zero-order chi connectivity index (χ0) is 25.2. The summed E-state index contributed by atoms with van der Waals surface area (Å²) in [5, 5.41) is 12.4. The van der Waals surface area contributed by atoms with Crippen LogP contribution in [0.3, 0.4) is 0 Å². The van der Waals surface area contributed by atoms with Crippen LogP contribution in [0.5, 0.6) is 5.75 Å². The quantitative estimate of drug-likeness (QED) is 0.502. The van der Waals surface area contributed by atoms with Crippen molar-refractivity contribution in [3.05, 3.63) is 64.8 Å². The van der Waals surface area contributed by atoms with Gasteiger partial charge >= 0.3 is 12.1 Å². The van der Waals surface area contributed by atoms with Crippen LogP contribution in [0.1, 0.15) is 28.8 Å². The van der Waals surface area contributed by atoms with Crippen LogP contribution in [0.4, 0.5) is 13.2 Å². The fraction of sp³-hybridized carbons (Fsp3) is 0.423. The number of likely N-dealkylation sites (tertiary alicyclic amines) is 1. The Labute approximate surface area is 202 Å². The maximum Gasteiger partial charge on any atom is 0.490 e. The molecule has 5 rings (SSSR count). The second-order valence-electron chi connectivity index (χ2n) is 9.23. The molecule has 188 valence electrons. The number of aromatic amines is 1. The summed E-state index contributed by atoms with van der Waals surface area (Å²) in [5.74, 6) is -1.80. The molecule has 9 heteroatoms. The second-order valence-corrected chi connectivity index (χ2v) is 9.23. The molecule has 35 heavy (non-hydrogen) atoms. The van der Waals surface area contributed by atoms with Crippen molar-refractivity contribution in [2.24, 2.45) is 0 Å². The Morgan fingerprint density at radius 1 is 1.20 bits per heavy atom. The summed E-state index contributed by atoms with van der Waals surface area (Å²) in [7, 11) is 0. The van der Waals surface area contributed by atoms with Crippen molar-refractivity contribution < 1.29 is 27.8 Å². The lowest BCUT2D eigenvalue weighted by molar-refractivity contribution is -0.192. The van der Waals surface area contributed by atoms with Gasteiger partial charge in [-0.2, -0.15) is 13.2 Å². The first-order valence-electron chi connectivity index (χ1n) is 11.7. The molecule has 1 aromatic heterocycles. The lowest BCUT2D eigenvalue weighted by atomic mass is 9.86. The van der Waals surface area contributed by atoms with Gasteiger partial charge in [-0.25, -0.2) is 4.79 Å². The number of para-hydroxylation sites is 1. The van der Waals surface area contributed by atoms with Crippen LogP contribution in [-0.4, -0.2) is 59.9 Å². The number of halogens is 3. The molecule has 1 unspecified atom stereocenters. The van der Waals surface area contributed by atoms with Gasteiger partial charge in [0, 0.05) is 42.8 Å². The van der Waals surface area contributed by atoms with Gasteiger partial charge in [-0.3, -0.25) is 4.90 Å². The van der Waals surface area contributed by atoms with E-state index in [2.05, 4.69) is 41.2 Å². The molecule has 3 aromatic rings. The molecule has 0 aliphatic carbocycles. The van der Waals surface area contributed by atoms with Gasteiger partial charge in [-0.15, -0.1) is 0 Å². The number of rotatable bonds is 4. The smallest absolute Gasteiger partial charge is 0.490 e. The van der Waals surface area contributed by atoms with Crippen molar-refractivity contribution in [3.8, 4) is 5.75 Å². The molecule has 0 bridgehead atoms. The highest BCUT2D eigenvalue weighted by Gasteiger charge is 2.44. The molecular weight excluding hydrogens is 459 g/mol. The molecule has 1 spiro atoms. The molecular formula is C26H30F3N3O3. The Morgan fingerprint density at radius 2 is 1.91 bits per heavy atom. The van der Waals surface area contributed by atoms with Crippen LogP contribution in [0, 0.1) is 13.8 Å². The molecule has 1 fully saturated rings. The van der Waals surface area contributed by atoms with E-state index >= 15 is 0 Å². The predicted octanol–water partition coefficient (Wildman–Crippen LogP) is 4.54. The third kappa shape index (κ3) is 5.46. The largest absolute Gasteiger partial charge is 0.492 e. The number of fused-ring (bicyclic) bond motifs is 4. The number of ether oxygens (including phenoxy) is 1. The highest BCUT2D eigenvalue weighted by atomic mass is 19.4. The van der Waals surface area contributed by atoms with Gasteiger partial charge in [0.15, 0.2) is 0 Å². The third-order valence-corrected chi connectivity index (χ3v) is 6.68. The lowest BCUT2D eigenvalue weighted by Gasteiger charge is -2.35. The van der Waals surface area contributed by atoms with Crippen molar-refractivity contribution in [3.63, 3.8) is 0 Å². The number of aliphatic carboxylic acids is 1. The van der Waals surface area contributed by atoms with Crippen LogP contribution in [0.15, 0.2) is 42.5 Å². The Hall–Kier alpha value is -3.04. The van der Waals surface area contributed by atoms with E-state index in [-0.39, 0.29) is 5.54 Å². The van der Waals surface area contributed by atoms with E-state index < -0.39 is 12.1 Å². The van der Waals surface area contributed by atoms with E-state index in [0.717, 1.165) is 51.4 Å². The summed E-state index contributed by atoms with van der Waals surface area (Å²) in [6, 6.07) is 14.8. The zero-order valence-electron chi connectivity index (χ0n) is 19.8. The number of hydrogen-bond donors (Lipinski definition) is 3. The Balaban J connectivity index is 0.000000364. The minimum Gasteiger partial charge on any atom is -0.492 e. The van der Waals surface area contributed by atoms with Gasteiger partial charge in [0.1, 0.15) is 12.4 Å². The van der Waals surface area contributed by atoms with E-state index in [1.807, 2.05) is 30.3 Å². The first-order valence-corrected chi connectivity index (χ1v) is 11.7. The summed E-state index contributed by atoms with van der Waals surface area (Å²) in [6.45, 7) is 9.33. The number of nitrogens with zero attached hydrogens (tertiary/aromatic N) is 1. The Kier molecular flexibility index (Phi) is 7.10. The summed E-state index contributed by atoms with van der Waals surface area (Å²) < 4.78 is 37.7. The topological polar surface area (TPSA) is 77.6 Å². The molecule has 2 aliphatic heterocycles. The molecule has 0 saturated carbocycles. The van der Waals surface area contributed by atoms with Gasteiger partial charge in [0.05, 0.1) is 5.54 Å². The number of alkyl halides is 3. The van der Waals surface area contributed by atoms with Gasteiger partial charge in [0.2, 0.25) is 0 Å². The molecule has 6 nitrogen and oxygen atoms in total. The average Bonchev–Trinajstić information content (AvgIpc) is 3.38. The predicted molar refractivity (Wildman–Crippen MR) is 128 cm³/mol. The number of hydrogen-bond acceptors (Lipinski definition) is 4. The van der Waals surface area contributed by atoms with Crippen molar-refractivity contribution in [2.75, 3.05) is 32.8 Å². The minimum atomic E-state index is -5.08. The highest BCUT2D eigenvalue weighted by molar-refractivity contribution is 5.88. The standard InChI is InChI=1S/C24H29N3O.C2HF3O2/c1-17-14-18(2)22-21(15-17)20-8-10-25-24(23(20)26-22)9-11-27(16-24)12-13-28-19-6-4-3-5-7-19;3-2(4,5)1(6)7/h3-7,14-15,25-26H,8-13,16H2,1-2H3;(H,6,7). The number of carboxylic acids is 1. The molecule has 0 radical (unpaired) electrons. The normalized spacial score (nSPS) is 19.9. The van der Waals surface area contributed by atoms with Gasteiger partial charge in [-0.05, 0) is 56.0 Å². The molecule has 1 saturated heterocycles. The maximum atomic E-state index is 10.6. The van der Waals surface area contributed by atoms with Crippen molar-refractivity contribution in [1.82, 2.24) is 15.2 Å². The number of benzene rings is 2. The summed E-state index contributed by atoms with van der Waals surface area (Å²) in [4.78, 5) is 15.3. The van der Waals surface area contributed by atoms with Crippen LogP contribution >= 0.6 is 0 Å². The van der Waals surface area contributed by atoms with Gasteiger partial charge in [-0.1, -0.05) is 29.8 Å². The van der Waals surface area contributed by atoms with Crippen molar-refractivity contribution in [1.29, 1.82) is 0 Å². The molecule has 2 aromatic carbocycles. The number of aromatic nitrogens is 1. The molecule has 1 atom stereocenters. The first-order chi connectivity index (χ1) is 16.6. The Bertz CT molecular complexity index is 1190. The second kappa shape index (κ2) is 9.91. The van der Waals surface area contributed by atoms with Crippen LogP contribution < -0.4 is 10.1 Å². The number of carbonyl (C=O) groups is 1. The monoisotopic (exact) mass is 489 g/mol. The van der Waals surface area contributed by atoms with Crippen LogP contribution in [0.25, 0.3) is 10.9 Å². The van der Waals surface area contributed by atoms with Crippen LogP contribution in [-0.2, 0) is 16.8 Å². The maximum absolute atomic E-state index is 10.6. The van der Waals surface area contributed by atoms with E-state index in [1.165, 1.54) is 33.3 Å². The van der Waals surface area contributed by atoms with Crippen molar-refractivity contribution >= 4 is 16.9 Å². The average molecular weight is 490 g/mol. The van der Waals surface area contributed by atoms with Gasteiger partial charge < -0.3 is 20.1 Å². The number of carboxylic acid groups (broad SMARTS) is 1. The highest BCUT2D eigenvalue weighted by Crippen LogP contribution is 2.40. The van der Waals surface area contributed by atoms with Crippen LogP contribution in [0.2, 0.25) is 0 Å². The fourth-order valence-electron chi connectivity index (χ4n) is 5.13. The molecule has 0 amide bonds. The number of aryl methyl sites for hydroxylation is 2. The fourth-order valence-corrected chi connectivity index (χ4v) is 5.13. The summed E-state index contributed by atoms with van der Waals surface area (Å²) in [6.07, 6.45) is -2.83. The molecule has 3 heterocycles. The first kappa shape index (κ1) is 25.1. The van der Waals surface area contributed by atoms with E-state index in [4.69, 9.17) is 14.6 Å². The Morgan fingerprint density at radius 3 is 2.60 bits per heavy atom. The summed E-state index contributed by atoms with van der Waals surface area (Å²) in [5.41, 5.74) is 7.04. The molecule has 3 N–H and O–H groups in total. The van der Waals surface area contributed by atoms with E-state index in [9.17, 15) is 13.2 Å². The van der Waals surface area contributed by atoms with E-state index in [1.54, 1.807) is 0 Å².